The SMILES string of the molecule is NC(=O)C(S)c1ccccc1Br. The van der Waals surface area contributed by atoms with Crippen molar-refractivity contribution in [1.82, 2.24) is 0 Å². The lowest BCUT2D eigenvalue weighted by Gasteiger charge is -2.07. The standard InChI is InChI=1S/C8H8BrNOS/c9-6-4-2-1-3-5(6)7(12)8(10)11/h1-4,7,12H,(H2,10,11). The van der Waals surface area contributed by atoms with Crippen LogP contribution < -0.4 is 5.73 Å². The fourth-order valence-electron chi connectivity index (χ4n) is 0.850. The summed E-state index contributed by atoms with van der Waals surface area (Å²) >= 11 is 7.39. The summed E-state index contributed by atoms with van der Waals surface area (Å²) in [5.41, 5.74) is 5.90. The van der Waals surface area contributed by atoms with Gasteiger partial charge < -0.3 is 5.73 Å². The van der Waals surface area contributed by atoms with Gasteiger partial charge in [0.1, 0.15) is 5.25 Å². The average molecular weight is 246 g/mol. The minimum atomic E-state index is -0.541. The summed E-state index contributed by atoms with van der Waals surface area (Å²) in [7, 11) is 0. The van der Waals surface area contributed by atoms with E-state index in [-0.39, 0.29) is 0 Å². The number of benzene rings is 1. The lowest BCUT2D eigenvalue weighted by Crippen LogP contribution is -2.17. The molecule has 0 spiro atoms. The number of rotatable bonds is 2. The highest BCUT2D eigenvalue weighted by Crippen LogP contribution is 2.26. The zero-order chi connectivity index (χ0) is 9.14. The molecule has 0 saturated carbocycles. The number of thiol groups is 1. The zero-order valence-corrected chi connectivity index (χ0v) is 8.68. The third-order valence-corrected chi connectivity index (χ3v) is 2.72. The third kappa shape index (κ3) is 2.01. The summed E-state index contributed by atoms with van der Waals surface area (Å²) in [4.78, 5) is 10.8. The molecule has 0 saturated heterocycles. The molecule has 0 aliphatic rings. The van der Waals surface area contributed by atoms with Crippen LogP contribution in [0.1, 0.15) is 10.8 Å². The molecule has 0 aliphatic heterocycles. The van der Waals surface area contributed by atoms with E-state index in [0.29, 0.717) is 0 Å². The van der Waals surface area contributed by atoms with Gasteiger partial charge in [0, 0.05) is 4.47 Å². The Morgan fingerprint density at radius 3 is 2.58 bits per heavy atom. The Balaban J connectivity index is 3.02. The second-order valence-electron chi connectivity index (χ2n) is 2.33. The highest BCUT2D eigenvalue weighted by atomic mass is 79.9. The molecule has 1 rings (SSSR count). The molecule has 12 heavy (non-hydrogen) atoms. The van der Waals surface area contributed by atoms with Crippen molar-refractivity contribution in [3.8, 4) is 0 Å². The van der Waals surface area contributed by atoms with E-state index in [9.17, 15) is 4.79 Å². The van der Waals surface area contributed by atoms with E-state index in [4.69, 9.17) is 5.73 Å². The van der Waals surface area contributed by atoms with Gasteiger partial charge in [0.2, 0.25) is 5.91 Å². The van der Waals surface area contributed by atoms with Gasteiger partial charge >= 0.3 is 0 Å². The predicted octanol–water partition coefficient (Wildman–Crippen LogP) is 1.91. The molecule has 1 unspecified atom stereocenters. The molecule has 2 N–H and O–H groups in total. The summed E-state index contributed by atoms with van der Waals surface area (Å²) in [6.45, 7) is 0. The van der Waals surface area contributed by atoms with Gasteiger partial charge in [0.05, 0.1) is 0 Å². The minimum absolute atomic E-state index is 0.440. The molecule has 0 radical (unpaired) electrons. The van der Waals surface area contributed by atoms with Crippen LogP contribution in [-0.4, -0.2) is 5.91 Å². The molecule has 0 aliphatic carbocycles. The summed E-state index contributed by atoms with van der Waals surface area (Å²) in [6, 6.07) is 7.37. The van der Waals surface area contributed by atoms with Crippen LogP contribution in [-0.2, 0) is 4.79 Å². The van der Waals surface area contributed by atoms with Crippen molar-refractivity contribution in [2.45, 2.75) is 5.25 Å². The van der Waals surface area contributed by atoms with Crippen LogP contribution in [0.5, 0.6) is 0 Å². The van der Waals surface area contributed by atoms with Gasteiger partial charge in [-0.1, -0.05) is 34.1 Å². The highest BCUT2D eigenvalue weighted by Gasteiger charge is 2.14. The molecule has 2 nitrogen and oxygen atoms in total. The second-order valence-corrected chi connectivity index (χ2v) is 3.70. The fraction of sp³-hybridized carbons (Fsp3) is 0.125. The van der Waals surface area contributed by atoms with E-state index < -0.39 is 11.2 Å². The molecule has 4 heteroatoms. The maximum Gasteiger partial charge on any atom is 0.234 e. The summed E-state index contributed by atoms with van der Waals surface area (Å²) in [5.74, 6) is -0.440. The van der Waals surface area contributed by atoms with Crippen molar-refractivity contribution in [3.63, 3.8) is 0 Å². The van der Waals surface area contributed by atoms with Crippen molar-refractivity contribution in [1.29, 1.82) is 0 Å². The van der Waals surface area contributed by atoms with Crippen LogP contribution in [0.2, 0.25) is 0 Å². The zero-order valence-electron chi connectivity index (χ0n) is 6.20. The van der Waals surface area contributed by atoms with E-state index in [1.165, 1.54) is 0 Å². The number of carbonyl (C=O) groups is 1. The first kappa shape index (κ1) is 9.61. The first-order chi connectivity index (χ1) is 5.63. The smallest absolute Gasteiger partial charge is 0.234 e. The molecule has 1 amide bonds. The molecule has 0 heterocycles. The minimum Gasteiger partial charge on any atom is -0.368 e. The molecular formula is C8H8BrNOS. The molecule has 1 aromatic carbocycles. The van der Waals surface area contributed by atoms with Crippen LogP contribution in [0, 0.1) is 0 Å². The Morgan fingerprint density at radius 1 is 1.50 bits per heavy atom. The van der Waals surface area contributed by atoms with Gasteiger partial charge in [-0.2, -0.15) is 12.6 Å². The molecular weight excluding hydrogens is 238 g/mol. The quantitative estimate of drug-likeness (QED) is 0.769. The maximum absolute atomic E-state index is 10.8. The number of amides is 1. The van der Waals surface area contributed by atoms with Gasteiger partial charge in [0.25, 0.3) is 0 Å². The van der Waals surface area contributed by atoms with Crippen molar-refractivity contribution in [2.24, 2.45) is 5.73 Å². The van der Waals surface area contributed by atoms with Gasteiger partial charge in [-0.25, -0.2) is 0 Å². The topological polar surface area (TPSA) is 43.1 Å². The van der Waals surface area contributed by atoms with E-state index in [0.717, 1.165) is 10.0 Å². The molecule has 0 bridgehead atoms. The largest absolute Gasteiger partial charge is 0.368 e. The molecule has 64 valence electrons. The van der Waals surface area contributed by atoms with E-state index in [2.05, 4.69) is 28.6 Å². The van der Waals surface area contributed by atoms with Crippen molar-refractivity contribution in [2.75, 3.05) is 0 Å². The number of primary amides is 1. The lowest BCUT2D eigenvalue weighted by atomic mass is 10.1. The Kier molecular flexibility index (Phi) is 3.17. The molecule has 0 fully saturated rings. The number of nitrogens with two attached hydrogens (primary N) is 1. The Labute approximate surface area is 84.7 Å². The number of halogens is 1. The van der Waals surface area contributed by atoms with Crippen molar-refractivity contribution >= 4 is 34.5 Å². The summed E-state index contributed by atoms with van der Waals surface area (Å²) in [5, 5.41) is -0.541. The monoisotopic (exact) mass is 245 g/mol. The molecule has 1 atom stereocenters. The van der Waals surface area contributed by atoms with Gasteiger partial charge in [-0.05, 0) is 11.6 Å². The van der Waals surface area contributed by atoms with Crippen LogP contribution in [0.25, 0.3) is 0 Å². The van der Waals surface area contributed by atoms with Crippen LogP contribution in [0.15, 0.2) is 28.7 Å². The van der Waals surface area contributed by atoms with Crippen molar-refractivity contribution in [3.05, 3.63) is 34.3 Å². The second kappa shape index (κ2) is 3.96. The first-order valence-corrected chi connectivity index (χ1v) is 4.65. The Bertz CT molecular complexity index is 303. The number of carbonyl (C=O) groups excluding carboxylic acids is 1. The van der Waals surface area contributed by atoms with Crippen molar-refractivity contribution < 1.29 is 4.79 Å². The highest BCUT2D eigenvalue weighted by molar-refractivity contribution is 9.10. The molecule has 1 aromatic rings. The number of hydrogen-bond acceptors (Lipinski definition) is 2. The van der Waals surface area contributed by atoms with Gasteiger partial charge in [-0.15, -0.1) is 0 Å². The number of hydrogen-bond donors (Lipinski definition) is 2. The predicted molar refractivity (Wildman–Crippen MR) is 55.1 cm³/mol. The maximum atomic E-state index is 10.8. The average Bonchev–Trinajstić information content (AvgIpc) is 2.04. The fourth-order valence-corrected chi connectivity index (χ4v) is 1.77. The van der Waals surface area contributed by atoms with Crippen LogP contribution >= 0.6 is 28.6 Å². The van der Waals surface area contributed by atoms with E-state index in [1.54, 1.807) is 0 Å². The Hall–Kier alpha value is -0.480. The van der Waals surface area contributed by atoms with E-state index in [1.807, 2.05) is 24.3 Å². The van der Waals surface area contributed by atoms with Crippen LogP contribution in [0.4, 0.5) is 0 Å². The van der Waals surface area contributed by atoms with Crippen LogP contribution in [0.3, 0.4) is 0 Å². The third-order valence-electron chi connectivity index (χ3n) is 1.47. The van der Waals surface area contributed by atoms with E-state index >= 15 is 0 Å². The van der Waals surface area contributed by atoms with Gasteiger partial charge in [-0.3, -0.25) is 4.79 Å². The normalized spacial score (nSPS) is 12.5. The molecule has 0 aromatic heterocycles. The lowest BCUT2D eigenvalue weighted by molar-refractivity contribution is -0.117. The Morgan fingerprint density at radius 2 is 2.08 bits per heavy atom. The first-order valence-electron chi connectivity index (χ1n) is 3.34. The van der Waals surface area contributed by atoms with Gasteiger partial charge in [0.15, 0.2) is 0 Å². The summed E-state index contributed by atoms with van der Waals surface area (Å²) < 4.78 is 0.851. The summed E-state index contributed by atoms with van der Waals surface area (Å²) in [6.07, 6.45) is 0.